The van der Waals surface area contributed by atoms with Crippen molar-refractivity contribution >= 4 is 0 Å². The fourth-order valence-corrected chi connectivity index (χ4v) is 2.84. The van der Waals surface area contributed by atoms with E-state index in [-0.39, 0.29) is 12.1 Å². The lowest BCUT2D eigenvalue weighted by molar-refractivity contribution is 0.0794. The number of benzene rings is 1. The third-order valence-corrected chi connectivity index (χ3v) is 4.05. The van der Waals surface area contributed by atoms with Crippen molar-refractivity contribution in [1.82, 2.24) is 5.32 Å². The maximum atomic E-state index is 10.3. The summed E-state index contributed by atoms with van der Waals surface area (Å²) in [6, 6.07) is 5.88. The molecule has 1 saturated carbocycles. The van der Waals surface area contributed by atoms with Crippen LogP contribution in [0.2, 0.25) is 0 Å². The first-order chi connectivity index (χ1) is 9.61. The molecule has 0 heterocycles. The summed E-state index contributed by atoms with van der Waals surface area (Å²) in [4.78, 5) is 0. The molecule has 4 heteroatoms. The van der Waals surface area contributed by atoms with E-state index < -0.39 is 6.10 Å². The Balaban J connectivity index is 1.97. The predicted molar refractivity (Wildman–Crippen MR) is 79.0 cm³/mol. The van der Waals surface area contributed by atoms with Gasteiger partial charge in [0.05, 0.1) is 19.3 Å². The van der Waals surface area contributed by atoms with Gasteiger partial charge in [-0.2, -0.15) is 0 Å². The van der Waals surface area contributed by atoms with E-state index in [9.17, 15) is 10.2 Å². The monoisotopic (exact) mass is 279 g/mol. The van der Waals surface area contributed by atoms with Crippen molar-refractivity contribution in [1.29, 1.82) is 0 Å². The van der Waals surface area contributed by atoms with Gasteiger partial charge in [0.15, 0.2) is 0 Å². The Kier molecular flexibility index (Phi) is 5.40. The summed E-state index contributed by atoms with van der Waals surface area (Å²) in [6.07, 6.45) is 3.13. The van der Waals surface area contributed by atoms with E-state index in [0.717, 1.165) is 36.8 Å². The molecule has 0 bridgehead atoms. The molecule has 1 aliphatic carbocycles. The second kappa shape index (κ2) is 7.07. The Labute approximate surface area is 120 Å². The van der Waals surface area contributed by atoms with Crippen LogP contribution < -0.4 is 10.1 Å². The van der Waals surface area contributed by atoms with Gasteiger partial charge in [-0.3, -0.25) is 0 Å². The second-order valence-electron chi connectivity index (χ2n) is 5.63. The quantitative estimate of drug-likeness (QED) is 0.771. The van der Waals surface area contributed by atoms with Crippen molar-refractivity contribution in [2.75, 3.05) is 13.7 Å². The van der Waals surface area contributed by atoms with Gasteiger partial charge < -0.3 is 20.3 Å². The van der Waals surface area contributed by atoms with E-state index in [2.05, 4.69) is 5.32 Å². The number of hydrogen-bond acceptors (Lipinski definition) is 4. The first-order valence-corrected chi connectivity index (χ1v) is 7.36. The molecular weight excluding hydrogens is 254 g/mol. The number of methoxy groups -OCH3 is 1. The zero-order valence-corrected chi connectivity index (χ0v) is 12.3. The lowest BCUT2D eigenvalue weighted by atomic mass is 9.92. The van der Waals surface area contributed by atoms with Gasteiger partial charge in [-0.25, -0.2) is 0 Å². The van der Waals surface area contributed by atoms with Crippen LogP contribution in [-0.2, 0) is 0 Å². The van der Waals surface area contributed by atoms with Gasteiger partial charge in [-0.05, 0) is 31.9 Å². The standard InChI is InChI=1S/C16H25NO3/c1-11-7-8-16(20-2)12(9-11)15(19)10-17-13-5-3-4-6-14(13)18/h7-9,13-15,17-19H,3-6,10H2,1-2H3. The van der Waals surface area contributed by atoms with Gasteiger partial charge in [0.25, 0.3) is 0 Å². The average Bonchev–Trinajstić information content (AvgIpc) is 2.46. The molecule has 3 N–H and O–H groups in total. The molecule has 0 aliphatic heterocycles. The van der Waals surface area contributed by atoms with Crippen LogP contribution in [0.15, 0.2) is 18.2 Å². The summed E-state index contributed by atoms with van der Waals surface area (Å²) >= 11 is 0. The molecule has 2 rings (SSSR count). The molecule has 3 unspecified atom stereocenters. The van der Waals surface area contributed by atoms with Crippen LogP contribution in [0.3, 0.4) is 0 Å². The molecular formula is C16H25NO3. The zero-order valence-electron chi connectivity index (χ0n) is 12.3. The minimum Gasteiger partial charge on any atom is -0.496 e. The summed E-state index contributed by atoms with van der Waals surface area (Å²) in [5, 5.41) is 23.6. The van der Waals surface area contributed by atoms with E-state index in [1.165, 1.54) is 0 Å². The van der Waals surface area contributed by atoms with Gasteiger partial charge in [0.2, 0.25) is 0 Å². The first kappa shape index (κ1) is 15.3. The van der Waals surface area contributed by atoms with Gasteiger partial charge in [-0.15, -0.1) is 0 Å². The Morgan fingerprint density at radius 2 is 2.10 bits per heavy atom. The SMILES string of the molecule is COc1ccc(C)cc1C(O)CNC1CCCCC1O. The Morgan fingerprint density at radius 1 is 1.35 bits per heavy atom. The highest BCUT2D eigenvalue weighted by Gasteiger charge is 2.23. The molecule has 20 heavy (non-hydrogen) atoms. The third-order valence-electron chi connectivity index (χ3n) is 4.05. The first-order valence-electron chi connectivity index (χ1n) is 7.36. The van der Waals surface area contributed by atoms with Crippen LogP contribution in [-0.4, -0.2) is 36.0 Å². The van der Waals surface area contributed by atoms with E-state index in [4.69, 9.17) is 4.74 Å². The topological polar surface area (TPSA) is 61.7 Å². The lowest BCUT2D eigenvalue weighted by Crippen LogP contribution is -2.43. The van der Waals surface area contributed by atoms with Gasteiger partial charge in [-0.1, -0.05) is 24.5 Å². The van der Waals surface area contributed by atoms with Crippen LogP contribution in [0.5, 0.6) is 5.75 Å². The summed E-state index contributed by atoms with van der Waals surface area (Å²) in [5.74, 6) is 0.703. The van der Waals surface area contributed by atoms with Crippen molar-refractivity contribution in [2.45, 2.75) is 50.9 Å². The number of aliphatic hydroxyl groups excluding tert-OH is 2. The van der Waals surface area contributed by atoms with Crippen molar-refractivity contribution in [2.24, 2.45) is 0 Å². The van der Waals surface area contributed by atoms with Crippen molar-refractivity contribution in [3.8, 4) is 5.75 Å². The lowest BCUT2D eigenvalue weighted by Gasteiger charge is -2.29. The number of aryl methyl sites for hydroxylation is 1. The maximum absolute atomic E-state index is 10.3. The minimum atomic E-state index is -0.626. The Bertz CT molecular complexity index is 436. The highest BCUT2D eigenvalue weighted by Crippen LogP contribution is 2.26. The summed E-state index contributed by atoms with van der Waals surface area (Å²) in [5.41, 5.74) is 1.89. The van der Waals surface area contributed by atoms with E-state index in [1.807, 2.05) is 25.1 Å². The molecule has 112 valence electrons. The van der Waals surface area contributed by atoms with E-state index >= 15 is 0 Å². The van der Waals surface area contributed by atoms with E-state index in [1.54, 1.807) is 7.11 Å². The molecule has 3 atom stereocenters. The summed E-state index contributed by atoms with van der Waals surface area (Å²) < 4.78 is 5.30. The van der Waals surface area contributed by atoms with Gasteiger partial charge >= 0.3 is 0 Å². The Morgan fingerprint density at radius 3 is 2.80 bits per heavy atom. The van der Waals surface area contributed by atoms with E-state index in [0.29, 0.717) is 12.3 Å². The van der Waals surface area contributed by atoms with Crippen molar-refractivity contribution in [3.05, 3.63) is 29.3 Å². The normalized spacial score (nSPS) is 24.4. The van der Waals surface area contributed by atoms with Crippen molar-refractivity contribution < 1.29 is 14.9 Å². The smallest absolute Gasteiger partial charge is 0.124 e. The Hall–Kier alpha value is -1.10. The summed E-state index contributed by atoms with van der Waals surface area (Å²) in [7, 11) is 1.61. The largest absolute Gasteiger partial charge is 0.496 e. The molecule has 4 nitrogen and oxygen atoms in total. The molecule has 1 aliphatic rings. The predicted octanol–water partition coefficient (Wildman–Crippen LogP) is 1.93. The maximum Gasteiger partial charge on any atom is 0.124 e. The van der Waals surface area contributed by atoms with Crippen LogP contribution in [0, 0.1) is 6.92 Å². The fourth-order valence-electron chi connectivity index (χ4n) is 2.84. The van der Waals surface area contributed by atoms with Crippen molar-refractivity contribution in [3.63, 3.8) is 0 Å². The highest BCUT2D eigenvalue weighted by atomic mass is 16.5. The van der Waals surface area contributed by atoms with Gasteiger partial charge in [0.1, 0.15) is 5.75 Å². The van der Waals surface area contributed by atoms with Crippen LogP contribution >= 0.6 is 0 Å². The number of nitrogens with one attached hydrogen (secondary N) is 1. The molecule has 1 fully saturated rings. The summed E-state index contributed by atoms with van der Waals surface area (Å²) in [6.45, 7) is 2.43. The number of ether oxygens (including phenoxy) is 1. The molecule has 0 saturated heterocycles. The molecule has 0 radical (unpaired) electrons. The number of hydrogen-bond donors (Lipinski definition) is 3. The number of aliphatic hydroxyl groups is 2. The average molecular weight is 279 g/mol. The minimum absolute atomic E-state index is 0.0919. The van der Waals surface area contributed by atoms with Gasteiger partial charge in [0, 0.05) is 18.2 Å². The number of rotatable bonds is 5. The third kappa shape index (κ3) is 3.72. The molecule has 0 amide bonds. The van der Waals surface area contributed by atoms with Crippen LogP contribution in [0.4, 0.5) is 0 Å². The molecule has 0 spiro atoms. The van der Waals surface area contributed by atoms with Crippen LogP contribution in [0.25, 0.3) is 0 Å². The molecule has 0 aromatic heterocycles. The fraction of sp³-hybridized carbons (Fsp3) is 0.625. The zero-order chi connectivity index (χ0) is 14.5. The highest BCUT2D eigenvalue weighted by molar-refractivity contribution is 5.38. The second-order valence-corrected chi connectivity index (χ2v) is 5.63. The molecule has 1 aromatic rings. The van der Waals surface area contributed by atoms with Crippen LogP contribution in [0.1, 0.15) is 42.9 Å². The molecule has 1 aromatic carbocycles.